The normalized spacial score (nSPS) is 16.4. The first-order valence-corrected chi connectivity index (χ1v) is 7.24. The van der Waals surface area contributed by atoms with Gasteiger partial charge < -0.3 is 20.6 Å². The van der Waals surface area contributed by atoms with E-state index in [-0.39, 0.29) is 12.1 Å². The molecule has 0 spiro atoms. The molecule has 1 aliphatic carbocycles. The van der Waals surface area contributed by atoms with E-state index in [1.54, 1.807) is 7.05 Å². The molecule has 1 aromatic heterocycles. The van der Waals surface area contributed by atoms with E-state index < -0.39 is 0 Å². The summed E-state index contributed by atoms with van der Waals surface area (Å²) in [6, 6.07) is 0. The maximum absolute atomic E-state index is 9.54. The Hall–Kier alpha value is -1.63. The van der Waals surface area contributed by atoms with E-state index in [2.05, 4.69) is 44.3 Å². The molecule has 0 bridgehead atoms. The number of aliphatic hydroxyl groups excluding tert-OH is 1. The molecule has 1 fully saturated rings. The molecule has 0 atom stereocenters. The molecule has 7 heteroatoms. The smallest absolute Gasteiger partial charge is 0.231 e. The minimum atomic E-state index is -0.257. The number of anilines is 3. The van der Waals surface area contributed by atoms with E-state index in [0.717, 1.165) is 32.4 Å². The molecule has 112 valence electrons. The molecule has 20 heavy (non-hydrogen) atoms. The molecule has 2 rings (SSSR count). The second-order valence-electron chi connectivity index (χ2n) is 5.12. The molecule has 0 aromatic carbocycles. The molecule has 0 saturated heterocycles. The van der Waals surface area contributed by atoms with Crippen LogP contribution in [0, 0.1) is 0 Å². The Kier molecular flexibility index (Phi) is 4.59. The summed E-state index contributed by atoms with van der Waals surface area (Å²) < 4.78 is 0. The Morgan fingerprint density at radius 1 is 1.15 bits per heavy atom. The molecule has 1 heterocycles. The van der Waals surface area contributed by atoms with Crippen LogP contribution < -0.4 is 15.5 Å². The van der Waals surface area contributed by atoms with E-state index in [1.807, 2.05) is 0 Å². The molecule has 1 aromatic rings. The van der Waals surface area contributed by atoms with Gasteiger partial charge in [-0.15, -0.1) is 0 Å². The summed E-state index contributed by atoms with van der Waals surface area (Å²) in [6.45, 7) is 5.93. The lowest BCUT2D eigenvalue weighted by atomic mass is 9.77. The van der Waals surface area contributed by atoms with Gasteiger partial charge in [0.15, 0.2) is 0 Å². The zero-order valence-electron chi connectivity index (χ0n) is 12.5. The van der Waals surface area contributed by atoms with Crippen LogP contribution in [0.4, 0.5) is 17.8 Å². The average Bonchev–Trinajstić information content (AvgIpc) is 2.44. The predicted octanol–water partition coefficient (Wildman–Crippen LogP) is 1.09. The van der Waals surface area contributed by atoms with Gasteiger partial charge in [0.2, 0.25) is 17.8 Å². The van der Waals surface area contributed by atoms with Gasteiger partial charge in [-0.25, -0.2) is 0 Å². The summed E-state index contributed by atoms with van der Waals surface area (Å²) >= 11 is 0. The molecule has 0 unspecified atom stereocenters. The number of hydrogen-bond donors (Lipinski definition) is 3. The van der Waals surface area contributed by atoms with Crippen molar-refractivity contribution >= 4 is 17.8 Å². The first kappa shape index (κ1) is 14.8. The summed E-state index contributed by atoms with van der Waals surface area (Å²) in [5, 5.41) is 15.8. The lowest BCUT2D eigenvalue weighted by Gasteiger charge is -2.41. The minimum absolute atomic E-state index is 0.105. The highest BCUT2D eigenvalue weighted by atomic mass is 16.3. The fourth-order valence-corrected chi connectivity index (χ4v) is 2.34. The molecule has 3 N–H and O–H groups in total. The van der Waals surface area contributed by atoms with Crippen LogP contribution in [0.2, 0.25) is 0 Å². The molecular weight excluding hydrogens is 256 g/mol. The van der Waals surface area contributed by atoms with E-state index in [0.29, 0.717) is 17.8 Å². The highest BCUT2D eigenvalue weighted by Crippen LogP contribution is 2.34. The zero-order chi connectivity index (χ0) is 14.6. The van der Waals surface area contributed by atoms with Gasteiger partial charge in [0.05, 0.1) is 12.1 Å². The second kappa shape index (κ2) is 6.21. The average molecular weight is 280 g/mol. The fourth-order valence-electron chi connectivity index (χ4n) is 2.34. The maximum Gasteiger partial charge on any atom is 0.231 e. The standard InChI is InChI=1S/C13H24N6O/c1-4-19(5-2)12-16-10(14-3)15-11(17-12)18-13(9-20)7-6-8-13/h20H,4-9H2,1-3H3,(H2,14,15,16,17,18). The molecule has 0 radical (unpaired) electrons. The number of nitrogens with zero attached hydrogens (tertiary/aromatic N) is 4. The summed E-state index contributed by atoms with van der Waals surface area (Å²) in [6.07, 6.45) is 3.02. The van der Waals surface area contributed by atoms with Gasteiger partial charge in [-0.3, -0.25) is 0 Å². The quantitative estimate of drug-likeness (QED) is 0.689. The third-order valence-corrected chi connectivity index (χ3v) is 3.88. The maximum atomic E-state index is 9.54. The largest absolute Gasteiger partial charge is 0.394 e. The van der Waals surface area contributed by atoms with Crippen LogP contribution in [0.25, 0.3) is 0 Å². The van der Waals surface area contributed by atoms with Gasteiger partial charge in [0.1, 0.15) is 0 Å². The zero-order valence-corrected chi connectivity index (χ0v) is 12.5. The molecule has 1 saturated carbocycles. The number of aromatic nitrogens is 3. The fraction of sp³-hybridized carbons (Fsp3) is 0.769. The molecular formula is C13H24N6O. The Morgan fingerprint density at radius 3 is 2.25 bits per heavy atom. The number of rotatable bonds is 7. The van der Waals surface area contributed by atoms with Gasteiger partial charge in [0, 0.05) is 20.1 Å². The van der Waals surface area contributed by atoms with Crippen molar-refractivity contribution in [2.75, 3.05) is 42.3 Å². The molecule has 0 amide bonds. The predicted molar refractivity (Wildman–Crippen MR) is 80.2 cm³/mol. The molecule has 0 aliphatic heterocycles. The van der Waals surface area contributed by atoms with Gasteiger partial charge in [-0.1, -0.05) is 0 Å². The van der Waals surface area contributed by atoms with Crippen molar-refractivity contribution in [3.05, 3.63) is 0 Å². The minimum Gasteiger partial charge on any atom is -0.394 e. The lowest BCUT2D eigenvalue weighted by molar-refractivity contribution is 0.143. The Labute approximate surface area is 119 Å². The van der Waals surface area contributed by atoms with E-state index in [9.17, 15) is 5.11 Å². The number of hydrogen-bond acceptors (Lipinski definition) is 7. The highest BCUT2D eigenvalue weighted by molar-refractivity contribution is 5.45. The van der Waals surface area contributed by atoms with Gasteiger partial charge >= 0.3 is 0 Å². The van der Waals surface area contributed by atoms with Crippen molar-refractivity contribution < 1.29 is 5.11 Å². The lowest BCUT2D eigenvalue weighted by Crippen LogP contribution is -2.48. The van der Waals surface area contributed by atoms with E-state index >= 15 is 0 Å². The summed E-state index contributed by atoms with van der Waals surface area (Å²) in [7, 11) is 1.79. The van der Waals surface area contributed by atoms with Crippen molar-refractivity contribution in [1.82, 2.24) is 15.0 Å². The van der Waals surface area contributed by atoms with Crippen LogP contribution >= 0.6 is 0 Å². The van der Waals surface area contributed by atoms with Crippen LogP contribution in [0.1, 0.15) is 33.1 Å². The van der Waals surface area contributed by atoms with Crippen LogP contribution in [0.3, 0.4) is 0 Å². The van der Waals surface area contributed by atoms with Crippen molar-refractivity contribution in [3.8, 4) is 0 Å². The topological polar surface area (TPSA) is 86.2 Å². The monoisotopic (exact) mass is 280 g/mol. The summed E-state index contributed by atoms with van der Waals surface area (Å²) in [5.41, 5.74) is -0.257. The summed E-state index contributed by atoms with van der Waals surface area (Å²) in [5.74, 6) is 1.72. The number of nitrogens with one attached hydrogen (secondary N) is 2. The van der Waals surface area contributed by atoms with Crippen molar-refractivity contribution in [2.24, 2.45) is 0 Å². The first-order valence-electron chi connectivity index (χ1n) is 7.24. The van der Waals surface area contributed by atoms with Crippen LogP contribution in [-0.4, -0.2) is 52.3 Å². The third kappa shape index (κ3) is 2.92. The van der Waals surface area contributed by atoms with Gasteiger partial charge in [0.25, 0.3) is 0 Å². The van der Waals surface area contributed by atoms with Crippen LogP contribution in [0.5, 0.6) is 0 Å². The Balaban J connectivity index is 2.25. The second-order valence-corrected chi connectivity index (χ2v) is 5.12. The first-order chi connectivity index (χ1) is 9.66. The molecule has 7 nitrogen and oxygen atoms in total. The van der Waals surface area contributed by atoms with E-state index in [1.165, 1.54) is 0 Å². The summed E-state index contributed by atoms with van der Waals surface area (Å²) in [4.78, 5) is 15.3. The van der Waals surface area contributed by atoms with Crippen LogP contribution in [0.15, 0.2) is 0 Å². The third-order valence-electron chi connectivity index (χ3n) is 3.88. The number of aliphatic hydroxyl groups is 1. The van der Waals surface area contributed by atoms with Crippen molar-refractivity contribution in [3.63, 3.8) is 0 Å². The Morgan fingerprint density at radius 2 is 1.80 bits per heavy atom. The van der Waals surface area contributed by atoms with Gasteiger partial charge in [-0.2, -0.15) is 15.0 Å². The SMILES string of the molecule is CCN(CC)c1nc(NC)nc(NC2(CO)CCC2)n1. The van der Waals surface area contributed by atoms with Gasteiger partial charge in [-0.05, 0) is 33.1 Å². The van der Waals surface area contributed by atoms with E-state index in [4.69, 9.17) is 0 Å². The molecule has 1 aliphatic rings. The highest BCUT2D eigenvalue weighted by Gasteiger charge is 2.37. The van der Waals surface area contributed by atoms with Crippen molar-refractivity contribution in [2.45, 2.75) is 38.6 Å². The van der Waals surface area contributed by atoms with Crippen molar-refractivity contribution in [1.29, 1.82) is 0 Å². The Bertz CT molecular complexity index is 439. The van der Waals surface area contributed by atoms with Crippen LogP contribution in [-0.2, 0) is 0 Å².